The number of para-hydroxylation sites is 2. The van der Waals surface area contributed by atoms with Crippen molar-refractivity contribution in [2.45, 2.75) is 37.6 Å². The van der Waals surface area contributed by atoms with Gasteiger partial charge in [-0.05, 0) is 47.5 Å². The minimum atomic E-state index is -0.352. The average Bonchev–Trinajstić information content (AvgIpc) is 3.25. The van der Waals surface area contributed by atoms with Gasteiger partial charge >= 0.3 is 0 Å². The largest absolute Gasteiger partial charge is 0.497 e. The molecule has 1 N–H and O–H groups in total. The highest BCUT2D eigenvalue weighted by Crippen LogP contribution is 2.40. The van der Waals surface area contributed by atoms with Gasteiger partial charge in [-0.2, -0.15) is 4.68 Å². The van der Waals surface area contributed by atoms with Crippen LogP contribution < -0.4 is 14.8 Å². The first-order chi connectivity index (χ1) is 13.8. The number of ether oxygens (including phenoxy) is 2. The van der Waals surface area contributed by atoms with Crippen molar-refractivity contribution in [3.63, 3.8) is 0 Å². The third-order valence-electron chi connectivity index (χ3n) is 5.37. The van der Waals surface area contributed by atoms with Gasteiger partial charge in [-0.1, -0.05) is 37.5 Å². The van der Waals surface area contributed by atoms with Crippen LogP contribution in [0, 0.1) is 0 Å². The lowest BCUT2D eigenvalue weighted by atomic mass is 9.80. The number of nitrogens with zero attached hydrogens (tertiary/aromatic N) is 4. The molecule has 1 aromatic heterocycles. The number of methoxy groups -OCH3 is 2. The Bertz CT molecular complexity index is 934. The molecular weight excluding hydrogens is 354 g/mol. The number of tetrazole rings is 1. The Balaban J connectivity index is 1.78. The Morgan fingerprint density at radius 1 is 0.964 bits per heavy atom. The average molecular weight is 379 g/mol. The van der Waals surface area contributed by atoms with E-state index in [9.17, 15) is 0 Å². The van der Waals surface area contributed by atoms with Crippen LogP contribution >= 0.6 is 0 Å². The van der Waals surface area contributed by atoms with E-state index in [0.717, 1.165) is 54.4 Å². The first kappa shape index (κ1) is 18.3. The molecule has 0 radical (unpaired) electrons. The molecule has 7 heteroatoms. The van der Waals surface area contributed by atoms with Crippen LogP contribution in [0.1, 0.15) is 37.9 Å². The molecule has 2 aromatic carbocycles. The zero-order valence-corrected chi connectivity index (χ0v) is 16.3. The Kier molecular flexibility index (Phi) is 5.14. The lowest BCUT2D eigenvalue weighted by Crippen LogP contribution is -2.40. The summed E-state index contributed by atoms with van der Waals surface area (Å²) >= 11 is 0. The van der Waals surface area contributed by atoms with Crippen LogP contribution in [0.4, 0.5) is 5.69 Å². The molecule has 3 aromatic rings. The van der Waals surface area contributed by atoms with E-state index in [1.807, 2.05) is 42.5 Å². The number of hydrogen-bond acceptors (Lipinski definition) is 6. The van der Waals surface area contributed by atoms with Crippen LogP contribution in [0.2, 0.25) is 0 Å². The first-order valence-corrected chi connectivity index (χ1v) is 9.60. The van der Waals surface area contributed by atoms with Gasteiger partial charge in [0, 0.05) is 11.8 Å². The Morgan fingerprint density at radius 2 is 1.79 bits per heavy atom. The van der Waals surface area contributed by atoms with E-state index in [1.165, 1.54) is 6.42 Å². The highest BCUT2D eigenvalue weighted by atomic mass is 16.5. The summed E-state index contributed by atoms with van der Waals surface area (Å²) in [4.78, 5) is 0. The van der Waals surface area contributed by atoms with Gasteiger partial charge in [-0.3, -0.25) is 0 Å². The maximum atomic E-state index is 5.54. The molecular formula is C21H25N5O2. The summed E-state index contributed by atoms with van der Waals surface area (Å²) in [5.41, 5.74) is 1.48. The topological polar surface area (TPSA) is 74.1 Å². The minimum absolute atomic E-state index is 0.352. The summed E-state index contributed by atoms with van der Waals surface area (Å²) < 4.78 is 12.7. The van der Waals surface area contributed by atoms with E-state index in [1.54, 1.807) is 18.9 Å². The fourth-order valence-corrected chi connectivity index (χ4v) is 3.99. The van der Waals surface area contributed by atoms with Gasteiger partial charge in [0.25, 0.3) is 0 Å². The predicted molar refractivity (Wildman–Crippen MR) is 107 cm³/mol. The van der Waals surface area contributed by atoms with Crippen molar-refractivity contribution < 1.29 is 9.47 Å². The number of aromatic nitrogens is 4. The Hall–Kier alpha value is -3.09. The van der Waals surface area contributed by atoms with Crippen molar-refractivity contribution in [1.29, 1.82) is 0 Å². The number of nitrogens with one attached hydrogen (secondary N) is 1. The highest BCUT2D eigenvalue weighted by molar-refractivity contribution is 5.52. The summed E-state index contributed by atoms with van der Waals surface area (Å²) in [6, 6.07) is 15.8. The van der Waals surface area contributed by atoms with Crippen LogP contribution in [-0.2, 0) is 5.54 Å². The lowest BCUT2D eigenvalue weighted by Gasteiger charge is -2.37. The monoisotopic (exact) mass is 379 g/mol. The van der Waals surface area contributed by atoms with E-state index >= 15 is 0 Å². The quantitative estimate of drug-likeness (QED) is 0.699. The van der Waals surface area contributed by atoms with Crippen molar-refractivity contribution in [1.82, 2.24) is 20.2 Å². The predicted octanol–water partition coefficient (Wildman–Crippen LogP) is 3.95. The molecule has 0 unspecified atom stereocenters. The maximum absolute atomic E-state index is 5.54. The highest BCUT2D eigenvalue weighted by Gasteiger charge is 2.39. The molecule has 0 saturated heterocycles. The smallest absolute Gasteiger partial charge is 0.182 e. The second-order valence-corrected chi connectivity index (χ2v) is 7.09. The molecule has 0 aliphatic heterocycles. The fourth-order valence-electron chi connectivity index (χ4n) is 3.99. The van der Waals surface area contributed by atoms with E-state index in [0.29, 0.717) is 0 Å². The summed E-state index contributed by atoms with van der Waals surface area (Å²) in [6.45, 7) is 0. The van der Waals surface area contributed by atoms with Crippen LogP contribution in [0.15, 0.2) is 48.5 Å². The summed E-state index contributed by atoms with van der Waals surface area (Å²) in [6.07, 6.45) is 5.38. The second kappa shape index (κ2) is 7.88. The first-order valence-electron chi connectivity index (χ1n) is 9.60. The standard InChI is InChI=1S/C21H25N5O2/c1-27-17-10-8-9-16(15-17)22-21(13-6-3-7-14-21)20-23-24-25-26(20)18-11-4-5-12-19(18)28-2/h4-5,8-12,15,22H,3,6-7,13-14H2,1-2H3. The lowest BCUT2D eigenvalue weighted by molar-refractivity contribution is 0.308. The van der Waals surface area contributed by atoms with Gasteiger partial charge in [-0.25, -0.2) is 0 Å². The van der Waals surface area contributed by atoms with Crippen molar-refractivity contribution in [3.8, 4) is 17.2 Å². The third-order valence-corrected chi connectivity index (χ3v) is 5.37. The molecule has 146 valence electrons. The SMILES string of the molecule is COc1cccc(NC2(c3nnnn3-c3ccccc3OC)CCCCC2)c1. The molecule has 0 atom stereocenters. The normalized spacial score (nSPS) is 15.8. The van der Waals surface area contributed by atoms with Crippen LogP contribution in [-0.4, -0.2) is 34.4 Å². The molecule has 1 saturated carbocycles. The van der Waals surface area contributed by atoms with Gasteiger partial charge in [0.2, 0.25) is 0 Å². The zero-order chi connectivity index (χ0) is 19.4. The van der Waals surface area contributed by atoms with E-state index in [-0.39, 0.29) is 5.54 Å². The molecule has 0 amide bonds. The third kappa shape index (κ3) is 3.40. The Morgan fingerprint density at radius 3 is 2.57 bits per heavy atom. The maximum Gasteiger partial charge on any atom is 0.182 e. The van der Waals surface area contributed by atoms with Gasteiger partial charge in [0.05, 0.1) is 19.8 Å². The van der Waals surface area contributed by atoms with Crippen LogP contribution in [0.25, 0.3) is 5.69 Å². The van der Waals surface area contributed by atoms with Crippen molar-refractivity contribution in [3.05, 3.63) is 54.4 Å². The fraction of sp³-hybridized carbons (Fsp3) is 0.381. The van der Waals surface area contributed by atoms with E-state index in [4.69, 9.17) is 9.47 Å². The molecule has 28 heavy (non-hydrogen) atoms. The van der Waals surface area contributed by atoms with Crippen molar-refractivity contribution >= 4 is 5.69 Å². The van der Waals surface area contributed by atoms with Gasteiger partial charge in [0.15, 0.2) is 5.82 Å². The Labute approximate surface area is 164 Å². The minimum Gasteiger partial charge on any atom is -0.497 e. The molecule has 1 fully saturated rings. The molecule has 1 heterocycles. The molecule has 1 aliphatic carbocycles. The van der Waals surface area contributed by atoms with E-state index in [2.05, 4.69) is 26.9 Å². The van der Waals surface area contributed by atoms with Gasteiger partial charge < -0.3 is 14.8 Å². The van der Waals surface area contributed by atoms with Crippen LogP contribution in [0.5, 0.6) is 11.5 Å². The second-order valence-electron chi connectivity index (χ2n) is 7.09. The molecule has 4 rings (SSSR count). The summed E-state index contributed by atoms with van der Waals surface area (Å²) in [5.74, 6) is 2.36. The molecule has 1 aliphatic rings. The van der Waals surface area contributed by atoms with Gasteiger partial charge in [0.1, 0.15) is 17.2 Å². The molecule has 7 nitrogen and oxygen atoms in total. The zero-order valence-electron chi connectivity index (χ0n) is 16.3. The number of benzene rings is 2. The molecule has 0 spiro atoms. The number of rotatable bonds is 6. The summed E-state index contributed by atoms with van der Waals surface area (Å²) in [5, 5.41) is 16.5. The van der Waals surface area contributed by atoms with Crippen molar-refractivity contribution in [2.75, 3.05) is 19.5 Å². The number of hydrogen-bond donors (Lipinski definition) is 1. The van der Waals surface area contributed by atoms with Crippen LogP contribution in [0.3, 0.4) is 0 Å². The number of anilines is 1. The summed E-state index contributed by atoms with van der Waals surface area (Å²) in [7, 11) is 3.34. The molecule has 0 bridgehead atoms. The van der Waals surface area contributed by atoms with Gasteiger partial charge in [-0.15, -0.1) is 5.10 Å². The van der Waals surface area contributed by atoms with Crippen molar-refractivity contribution in [2.24, 2.45) is 0 Å². The van der Waals surface area contributed by atoms with E-state index < -0.39 is 0 Å².